The molecule has 0 amide bonds. The van der Waals surface area contributed by atoms with Gasteiger partial charge in [-0.1, -0.05) is 6.92 Å². The molecule has 3 atom stereocenters. The van der Waals surface area contributed by atoms with Crippen LogP contribution in [0.2, 0.25) is 0 Å². The molecule has 0 saturated carbocycles. The monoisotopic (exact) mass is 184 g/mol. The topological polar surface area (TPSA) is 38.5 Å². The van der Waals surface area contributed by atoms with Crippen LogP contribution in [0.3, 0.4) is 0 Å². The molecule has 0 spiro atoms. The normalized spacial score (nSPS) is 36.5. The van der Waals surface area contributed by atoms with Gasteiger partial charge in [-0.05, 0) is 25.3 Å². The van der Waals surface area contributed by atoms with Gasteiger partial charge in [-0.25, -0.2) is 0 Å². The lowest BCUT2D eigenvalue weighted by molar-refractivity contribution is -0.0415. The average Bonchev–Trinajstić information content (AvgIpc) is 2.46. The molecular formula is C10H20N2O. The Morgan fingerprint density at radius 2 is 2.00 bits per heavy atom. The van der Waals surface area contributed by atoms with Gasteiger partial charge in [-0.15, -0.1) is 0 Å². The van der Waals surface area contributed by atoms with Crippen LogP contribution in [-0.4, -0.2) is 43.3 Å². The predicted octanol–water partition coefficient (Wildman–Crippen LogP) is 0.444. The number of hydrogen-bond donors (Lipinski definition) is 1. The lowest BCUT2D eigenvalue weighted by Gasteiger charge is -2.33. The summed E-state index contributed by atoms with van der Waals surface area (Å²) in [5.74, 6) is 0.623. The van der Waals surface area contributed by atoms with E-state index in [9.17, 15) is 0 Å². The van der Waals surface area contributed by atoms with Gasteiger partial charge in [0.1, 0.15) is 0 Å². The maximum Gasteiger partial charge on any atom is 0.0707 e. The van der Waals surface area contributed by atoms with Gasteiger partial charge in [0.05, 0.1) is 12.2 Å². The molecule has 0 radical (unpaired) electrons. The number of nitrogens with two attached hydrogens (primary N) is 1. The summed E-state index contributed by atoms with van der Waals surface area (Å²) in [6.45, 7) is 6.42. The van der Waals surface area contributed by atoms with Crippen molar-refractivity contribution in [2.45, 2.75) is 32.0 Å². The molecule has 2 bridgehead atoms. The van der Waals surface area contributed by atoms with E-state index in [2.05, 4.69) is 11.8 Å². The molecule has 2 N–H and O–H groups in total. The van der Waals surface area contributed by atoms with Crippen LogP contribution in [0.25, 0.3) is 0 Å². The van der Waals surface area contributed by atoms with Crippen LogP contribution < -0.4 is 5.73 Å². The largest absolute Gasteiger partial charge is 0.372 e. The molecule has 2 heterocycles. The maximum atomic E-state index is 5.77. The molecule has 3 nitrogen and oxygen atoms in total. The Kier molecular flexibility index (Phi) is 2.86. The fourth-order valence-electron chi connectivity index (χ4n) is 2.36. The van der Waals surface area contributed by atoms with E-state index in [1.165, 1.54) is 12.8 Å². The van der Waals surface area contributed by atoms with E-state index in [1.54, 1.807) is 0 Å². The molecule has 2 aliphatic rings. The minimum Gasteiger partial charge on any atom is -0.372 e. The first kappa shape index (κ1) is 9.44. The first-order valence-corrected chi connectivity index (χ1v) is 5.36. The van der Waals surface area contributed by atoms with Crippen LogP contribution >= 0.6 is 0 Å². The van der Waals surface area contributed by atoms with E-state index in [0.29, 0.717) is 18.1 Å². The highest BCUT2D eigenvalue weighted by atomic mass is 16.5. The summed E-state index contributed by atoms with van der Waals surface area (Å²) in [7, 11) is 0. The summed E-state index contributed by atoms with van der Waals surface area (Å²) in [6, 6.07) is 0. The van der Waals surface area contributed by atoms with Crippen molar-refractivity contribution >= 4 is 0 Å². The summed E-state index contributed by atoms with van der Waals surface area (Å²) in [4.78, 5) is 2.52. The zero-order valence-electron chi connectivity index (χ0n) is 8.41. The van der Waals surface area contributed by atoms with Gasteiger partial charge < -0.3 is 10.5 Å². The van der Waals surface area contributed by atoms with Crippen LogP contribution in [0.1, 0.15) is 19.8 Å². The fourth-order valence-corrected chi connectivity index (χ4v) is 2.36. The molecular weight excluding hydrogens is 164 g/mol. The van der Waals surface area contributed by atoms with E-state index >= 15 is 0 Å². The van der Waals surface area contributed by atoms with Crippen LogP contribution in [0, 0.1) is 5.92 Å². The minimum absolute atomic E-state index is 0.517. The number of nitrogens with zero attached hydrogens (tertiary/aromatic N) is 1. The second-order valence-corrected chi connectivity index (χ2v) is 4.52. The number of ether oxygens (including phenoxy) is 1. The lowest BCUT2D eigenvalue weighted by Crippen LogP contribution is -2.45. The first-order chi connectivity index (χ1) is 6.28. The molecule has 0 aliphatic carbocycles. The summed E-state index contributed by atoms with van der Waals surface area (Å²) >= 11 is 0. The van der Waals surface area contributed by atoms with Crippen molar-refractivity contribution < 1.29 is 4.74 Å². The van der Waals surface area contributed by atoms with Gasteiger partial charge in [0.15, 0.2) is 0 Å². The van der Waals surface area contributed by atoms with Crippen molar-refractivity contribution in [2.75, 3.05) is 26.2 Å². The fraction of sp³-hybridized carbons (Fsp3) is 1.00. The zero-order valence-corrected chi connectivity index (χ0v) is 8.41. The second-order valence-electron chi connectivity index (χ2n) is 4.52. The number of likely N-dealkylation sites (tertiary alicyclic amines) is 1. The van der Waals surface area contributed by atoms with Crippen LogP contribution in [0.4, 0.5) is 0 Å². The predicted molar refractivity (Wildman–Crippen MR) is 52.6 cm³/mol. The average molecular weight is 184 g/mol. The lowest BCUT2D eigenvalue weighted by atomic mass is 10.1. The Hall–Kier alpha value is -0.120. The number of hydrogen-bond acceptors (Lipinski definition) is 3. The van der Waals surface area contributed by atoms with E-state index in [4.69, 9.17) is 10.5 Å². The van der Waals surface area contributed by atoms with Gasteiger partial charge >= 0.3 is 0 Å². The standard InChI is InChI=1S/C10H20N2O/c1-8(4-11)5-12-6-9-2-3-10(7-12)13-9/h8-10H,2-7,11H2,1H3. The number of morpholine rings is 1. The van der Waals surface area contributed by atoms with Crippen molar-refractivity contribution in [3.63, 3.8) is 0 Å². The van der Waals surface area contributed by atoms with Crippen molar-refractivity contribution in [3.05, 3.63) is 0 Å². The van der Waals surface area contributed by atoms with Crippen LogP contribution in [-0.2, 0) is 4.74 Å². The Bertz CT molecular complexity index is 162. The van der Waals surface area contributed by atoms with Gasteiger partial charge in [0, 0.05) is 19.6 Å². The van der Waals surface area contributed by atoms with Crippen LogP contribution in [0.15, 0.2) is 0 Å². The molecule has 2 saturated heterocycles. The molecule has 0 aromatic carbocycles. The van der Waals surface area contributed by atoms with E-state index < -0.39 is 0 Å². The third-order valence-electron chi connectivity index (χ3n) is 3.09. The smallest absolute Gasteiger partial charge is 0.0707 e. The van der Waals surface area contributed by atoms with E-state index in [1.807, 2.05) is 0 Å². The highest BCUT2D eigenvalue weighted by Gasteiger charge is 2.33. The van der Waals surface area contributed by atoms with Gasteiger partial charge in [-0.3, -0.25) is 4.90 Å². The van der Waals surface area contributed by atoms with Gasteiger partial charge in [0.2, 0.25) is 0 Å². The molecule has 2 rings (SSSR count). The van der Waals surface area contributed by atoms with Gasteiger partial charge in [0.25, 0.3) is 0 Å². The Morgan fingerprint density at radius 1 is 1.38 bits per heavy atom. The van der Waals surface area contributed by atoms with Crippen molar-refractivity contribution in [2.24, 2.45) is 11.7 Å². The molecule has 2 fully saturated rings. The SMILES string of the molecule is CC(CN)CN1CC2CCC(C1)O2. The highest BCUT2D eigenvalue weighted by Crippen LogP contribution is 2.26. The summed E-state index contributed by atoms with van der Waals surface area (Å²) in [5, 5.41) is 0. The molecule has 2 aliphatic heterocycles. The maximum absolute atomic E-state index is 5.77. The third-order valence-corrected chi connectivity index (χ3v) is 3.09. The Balaban J connectivity index is 1.81. The third kappa shape index (κ3) is 2.22. The minimum atomic E-state index is 0.517. The van der Waals surface area contributed by atoms with E-state index in [-0.39, 0.29) is 0 Å². The molecule has 0 aromatic rings. The molecule has 3 unspecified atom stereocenters. The molecule has 76 valence electrons. The quantitative estimate of drug-likeness (QED) is 0.692. The van der Waals surface area contributed by atoms with Crippen LogP contribution in [0.5, 0.6) is 0 Å². The summed E-state index contributed by atoms with van der Waals surface area (Å²) in [5.41, 5.74) is 5.62. The molecule has 3 heteroatoms. The first-order valence-electron chi connectivity index (χ1n) is 5.36. The number of rotatable bonds is 3. The van der Waals surface area contributed by atoms with Gasteiger partial charge in [-0.2, -0.15) is 0 Å². The van der Waals surface area contributed by atoms with Crippen molar-refractivity contribution in [1.82, 2.24) is 4.90 Å². The second kappa shape index (κ2) is 3.95. The molecule has 0 aromatic heterocycles. The Labute approximate surface area is 80.2 Å². The molecule has 13 heavy (non-hydrogen) atoms. The Morgan fingerprint density at radius 3 is 2.54 bits per heavy atom. The van der Waals surface area contributed by atoms with E-state index in [0.717, 1.165) is 26.2 Å². The van der Waals surface area contributed by atoms with Crippen molar-refractivity contribution in [3.8, 4) is 0 Å². The summed E-state index contributed by atoms with van der Waals surface area (Å²) in [6.07, 6.45) is 3.56. The zero-order chi connectivity index (χ0) is 9.26. The number of fused-ring (bicyclic) bond motifs is 2. The highest BCUT2D eigenvalue weighted by molar-refractivity contribution is 4.85. The van der Waals surface area contributed by atoms with Crippen molar-refractivity contribution in [1.29, 1.82) is 0 Å². The summed E-state index contributed by atoms with van der Waals surface area (Å²) < 4.78 is 5.77.